The maximum Gasteiger partial charge on any atom is 0.138 e. The van der Waals surface area contributed by atoms with Crippen LogP contribution >= 0.6 is 23.4 Å². The summed E-state index contributed by atoms with van der Waals surface area (Å²) in [7, 11) is 0. The number of hydrogen-bond acceptors (Lipinski definition) is 3. The van der Waals surface area contributed by atoms with E-state index in [4.69, 9.17) is 16.3 Å². The van der Waals surface area contributed by atoms with Gasteiger partial charge in [-0.1, -0.05) is 17.7 Å². The summed E-state index contributed by atoms with van der Waals surface area (Å²) in [6.45, 7) is 2.30. The highest BCUT2D eigenvalue weighted by Crippen LogP contribution is 2.31. The molecule has 0 radical (unpaired) electrons. The van der Waals surface area contributed by atoms with Gasteiger partial charge in [-0.15, -0.1) is 0 Å². The molecule has 1 N–H and O–H groups in total. The first-order valence-electron chi connectivity index (χ1n) is 7.05. The summed E-state index contributed by atoms with van der Waals surface area (Å²) >= 11 is 8.25. The van der Waals surface area contributed by atoms with Crippen molar-refractivity contribution < 1.29 is 4.74 Å². The minimum absolute atomic E-state index is 0.359. The van der Waals surface area contributed by atoms with Gasteiger partial charge in [0.2, 0.25) is 0 Å². The summed E-state index contributed by atoms with van der Waals surface area (Å²) in [5.41, 5.74) is 1.34. The second-order valence-electron chi connectivity index (χ2n) is 5.44. The molecule has 2 nitrogen and oxygen atoms in total. The molecule has 19 heavy (non-hydrogen) atoms. The predicted octanol–water partition coefficient (Wildman–Crippen LogP) is 3.38. The quantitative estimate of drug-likeness (QED) is 0.920. The van der Waals surface area contributed by atoms with Crippen molar-refractivity contribution >= 4 is 23.4 Å². The van der Waals surface area contributed by atoms with E-state index < -0.39 is 0 Å². The third kappa shape index (κ3) is 3.59. The number of ether oxygens (including phenoxy) is 1. The van der Waals surface area contributed by atoms with Crippen LogP contribution in [-0.2, 0) is 6.42 Å². The smallest absolute Gasteiger partial charge is 0.138 e. The van der Waals surface area contributed by atoms with E-state index in [0.717, 1.165) is 47.7 Å². The summed E-state index contributed by atoms with van der Waals surface area (Å²) in [6, 6.07) is 6.31. The molecule has 0 atom stereocenters. The first kappa shape index (κ1) is 13.6. The van der Waals surface area contributed by atoms with E-state index >= 15 is 0 Å². The van der Waals surface area contributed by atoms with Gasteiger partial charge in [0.1, 0.15) is 11.9 Å². The second-order valence-corrected chi connectivity index (χ2v) is 6.92. The van der Waals surface area contributed by atoms with Crippen molar-refractivity contribution in [3.8, 4) is 5.75 Å². The van der Waals surface area contributed by atoms with Gasteiger partial charge in [0.05, 0.1) is 5.02 Å². The number of halogens is 1. The van der Waals surface area contributed by atoms with Crippen LogP contribution < -0.4 is 10.1 Å². The van der Waals surface area contributed by atoms with E-state index in [2.05, 4.69) is 17.4 Å². The fraction of sp³-hybridized carbons (Fsp3) is 0.600. The van der Waals surface area contributed by atoms with E-state index in [1.165, 1.54) is 18.4 Å². The fourth-order valence-corrected chi connectivity index (χ4v) is 3.46. The monoisotopic (exact) mass is 297 g/mol. The number of thioether (sulfide) groups is 1. The lowest BCUT2D eigenvalue weighted by Gasteiger charge is -2.26. The SMILES string of the molecule is Clc1cc(CC2CCNCC2)ccc1OC1CSC1. The molecule has 0 aliphatic carbocycles. The molecule has 2 heterocycles. The molecule has 0 aromatic heterocycles. The van der Waals surface area contributed by atoms with E-state index in [1.54, 1.807) is 0 Å². The maximum absolute atomic E-state index is 6.33. The van der Waals surface area contributed by atoms with Crippen LogP contribution in [0.15, 0.2) is 18.2 Å². The van der Waals surface area contributed by atoms with Crippen molar-refractivity contribution in [1.82, 2.24) is 5.32 Å². The second kappa shape index (κ2) is 6.38. The summed E-state index contributed by atoms with van der Waals surface area (Å²) in [4.78, 5) is 0. The number of hydrogen-bond donors (Lipinski definition) is 1. The Balaban J connectivity index is 1.61. The van der Waals surface area contributed by atoms with Crippen molar-refractivity contribution in [2.24, 2.45) is 5.92 Å². The van der Waals surface area contributed by atoms with Crippen molar-refractivity contribution in [3.63, 3.8) is 0 Å². The summed E-state index contributed by atoms with van der Waals surface area (Å²) in [5.74, 6) is 3.83. The number of benzene rings is 1. The number of nitrogens with one attached hydrogen (secondary N) is 1. The van der Waals surface area contributed by atoms with Crippen LogP contribution in [0.3, 0.4) is 0 Å². The Morgan fingerprint density at radius 3 is 2.68 bits per heavy atom. The largest absolute Gasteiger partial charge is 0.487 e. The van der Waals surface area contributed by atoms with Gasteiger partial charge in [-0.3, -0.25) is 0 Å². The molecule has 1 aromatic rings. The highest BCUT2D eigenvalue weighted by atomic mass is 35.5. The third-order valence-electron chi connectivity index (χ3n) is 3.88. The standard InChI is InChI=1S/C15H20ClNOS/c16-14-8-12(7-11-3-5-17-6-4-11)1-2-15(14)18-13-9-19-10-13/h1-2,8,11,13,17H,3-7,9-10H2. The minimum atomic E-state index is 0.359. The Bertz CT molecular complexity index is 430. The predicted molar refractivity (Wildman–Crippen MR) is 82.5 cm³/mol. The maximum atomic E-state index is 6.33. The van der Waals surface area contributed by atoms with E-state index in [1.807, 2.05) is 17.8 Å². The Hall–Kier alpha value is -0.380. The molecule has 0 saturated carbocycles. The zero-order valence-electron chi connectivity index (χ0n) is 11.0. The minimum Gasteiger partial charge on any atom is -0.487 e. The van der Waals surface area contributed by atoms with Gasteiger partial charge in [0, 0.05) is 11.5 Å². The molecule has 3 rings (SSSR count). The van der Waals surface area contributed by atoms with Gasteiger partial charge in [0.25, 0.3) is 0 Å². The molecule has 0 unspecified atom stereocenters. The number of rotatable bonds is 4. The molecule has 1 aromatic carbocycles. The molecule has 2 saturated heterocycles. The molecule has 2 aliphatic rings. The zero-order valence-corrected chi connectivity index (χ0v) is 12.6. The van der Waals surface area contributed by atoms with Crippen LogP contribution in [0.5, 0.6) is 5.75 Å². The Morgan fingerprint density at radius 2 is 2.05 bits per heavy atom. The topological polar surface area (TPSA) is 21.3 Å². The van der Waals surface area contributed by atoms with E-state index in [0.29, 0.717) is 6.10 Å². The summed E-state index contributed by atoms with van der Waals surface area (Å²) in [6.07, 6.45) is 4.04. The molecular weight excluding hydrogens is 278 g/mol. The van der Waals surface area contributed by atoms with Crippen LogP contribution in [0.25, 0.3) is 0 Å². The Labute approximate surface area is 124 Å². The first-order valence-corrected chi connectivity index (χ1v) is 8.58. The van der Waals surface area contributed by atoms with Gasteiger partial charge in [-0.05, 0) is 56.0 Å². The molecule has 104 valence electrons. The highest BCUT2D eigenvalue weighted by Gasteiger charge is 2.21. The van der Waals surface area contributed by atoms with Crippen LogP contribution in [0.1, 0.15) is 18.4 Å². The Morgan fingerprint density at radius 1 is 1.26 bits per heavy atom. The zero-order chi connectivity index (χ0) is 13.1. The molecule has 2 fully saturated rings. The molecule has 0 amide bonds. The van der Waals surface area contributed by atoms with E-state index in [-0.39, 0.29) is 0 Å². The average Bonchev–Trinajstić information content (AvgIpc) is 2.37. The van der Waals surface area contributed by atoms with Crippen LogP contribution in [0.2, 0.25) is 5.02 Å². The van der Waals surface area contributed by atoms with Crippen LogP contribution in [0, 0.1) is 5.92 Å². The van der Waals surface area contributed by atoms with Gasteiger partial charge in [-0.2, -0.15) is 11.8 Å². The molecule has 0 spiro atoms. The number of piperidine rings is 1. The van der Waals surface area contributed by atoms with Crippen LogP contribution in [-0.4, -0.2) is 30.7 Å². The van der Waals surface area contributed by atoms with Gasteiger partial charge < -0.3 is 10.1 Å². The normalized spacial score (nSPS) is 21.1. The lowest BCUT2D eigenvalue weighted by molar-refractivity contribution is 0.240. The molecular formula is C15H20ClNOS. The third-order valence-corrected chi connectivity index (χ3v) is 5.39. The van der Waals surface area contributed by atoms with Gasteiger partial charge in [0.15, 0.2) is 0 Å². The van der Waals surface area contributed by atoms with Crippen molar-refractivity contribution in [2.45, 2.75) is 25.4 Å². The summed E-state index contributed by atoms with van der Waals surface area (Å²) in [5, 5.41) is 4.17. The summed E-state index contributed by atoms with van der Waals surface area (Å²) < 4.78 is 5.86. The molecule has 2 aliphatic heterocycles. The van der Waals surface area contributed by atoms with Gasteiger partial charge in [-0.25, -0.2) is 0 Å². The molecule has 4 heteroatoms. The highest BCUT2D eigenvalue weighted by molar-refractivity contribution is 8.00. The molecule has 0 bridgehead atoms. The fourth-order valence-electron chi connectivity index (χ4n) is 2.65. The lowest BCUT2D eigenvalue weighted by Crippen LogP contribution is -2.31. The average molecular weight is 298 g/mol. The lowest BCUT2D eigenvalue weighted by atomic mass is 9.91. The van der Waals surface area contributed by atoms with E-state index in [9.17, 15) is 0 Å². The van der Waals surface area contributed by atoms with Crippen LogP contribution in [0.4, 0.5) is 0 Å². The first-order chi connectivity index (χ1) is 9.31. The Kier molecular flexibility index (Phi) is 4.57. The van der Waals surface area contributed by atoms with Crippen molar-refractivity contribution in [1.29, 1.82) is 0 Å². The van der Waals surface area contributed by atoms with Gasteiger partial charge >= 0.3 is 0 Å². The van der Waals surface area contributed by atoms with Crippen molar-refractivity contribution in [3.05, 3.63) is 28.8 Å². The van der Waals surface area contributed by atoms with Crippen molar-refractivity contribution in [2.75, 3.05) is 24.6 Å².